The van der Waals surface area contributed by atoms with Crippen LogP contribution in [0.5, 0.6) is 5.75 Å². The van der Waals surface area contributed by atoms with Gasteiger partial charge in [0.15, 0.2) is 0 Å². The van der Waals surface area contributed by atoms with Crippen LogP contribution in [0.15, 0.2) is 18.5 Å². The van der Waals surface area contributed by atoms with Gasteiger partial charge in [-0.15, -0.1) is 0 Å². The molecular formula is C20H27F3N2O3. The van der Waals surface area contributed by atoms with Crippen LogP contribution in [0.2, 0.25) is 0 Å². The van der Waals surface area contributed by atoms with Gasteiger partial charge in [-0.3, -0.25) is 4.98 Å². The van der Waals surface area contributed by atoms with Crippen molar-refractivity contribution in [2.75, 3.05) is 13.1 Å². The summed E-state index contributed by atoms with van der Waals surface area (Å²) >= 11 is 0. The molecule has 1 aromatic rings. The van der Waals surface area contributed by atoms with Crippen LogP contribution >= 0.6 is 0 Å². The summed E-state index contributed by atoms with van der Waals surface area (Å²) < 4.78 is 49.7. The number of amides is 1. The van der Waals surface area contributed by atoms with E-state index in [0.29, 0.717) is 13.1 Å². The van der Waals surface area contributed by atoms with E-state index in [1.165, 1.54) is 6.20 Å². The number of piperidine rings is 1. The number of ether oxygens (including phenoxy) is 2. The smallest absolute Gasteiger partial charge is 0.418 e. The summed E-state index contributed by atoms with van der Waals surface area (Å²) in [7, 11) is 0. The highest BCUT2D eigenvalue weighted by Gasteiger charge is 2.43. The van der Waals surface area contributed by atoms with Crippen LogP contribution in [0.3, 0.4) is 0 Å². The number of nitrogens with zero attached hydrogens (tertiary/aromatic N) is 2. The summed E-state index contributed by atoms with van der Waals surface area (Å²) in [5.41, 5.74) is -1.24. The number of aromatic nitrogens is 1. The number of halogens is 3. The van der Waals surface area contributed by atoms with E-state index in [-0.39, 0.29) is 23.4 Å². The normalized spacial score (nSPS) is 22.4. The molecule has 1 saturated carbocycles. The monoisotopic (exact) mass is 400 g/mol. The molecule has 1 spiro atoms. The first-order valence-corrected chi connectivity index (χ1v) is 9.63. The van der Waals surface area contributed by atoms with E-state index in [1.807, 2.05) is 20.8 Å². The molecule has 0 bridgehead atoms. The highest BCUT2D eigenvalue weighted by molar-refractivity contribution is 5.68. The molecule has 156 valence electrons. The Morgan fingerprint density at radius 2 is 1.86 bits per heavy atom. The number of hydrogen-bond donors (Lipinski definition) is 0. The summed E-state index contributed by atoms with van der Waals surface area (Å²) in [6.07, 6.45) is 1.51. The molecule has 0 aromatic carbocycles. The van der Waals surface area contributed by atoms with Crippen molar-refractivity contribution in [2.45, 2.75) is 70.8 Å². The first kappa shape index (κ1) is 20.7. The number of likely N-dealkylation sites (tertiary alicyclic amines) is 1. The first-order chi connectivity index (χ1) is 13.0. The Morgan fingerprint density at radius 3 is 2.46 bits per heavy atom. The average molecular weight is 400 g/mol. The fourth-order valence-electron chi connectivity index (χ4n) is 4.03. The molecule has 1 atom stereocenters. The minimum absolute atomic E-state index is 0.0816. The fourth-order valence-corrected chi connectivity index (χ4v) is 4.03. The van der Waals surface area contributed by atoms with Gasteiger partial charge in [0, 0.05) is 19.3 Å². The summed E-state index contributed by atoms with van der Waals surface area (Å²) in [6, 6.07) is 1.00. The van der Waals surface area contributed by atoms with Crippen LogP contribution in [-0.4, -0.2) is 40.8 Å². The zero-order valence-electron chi connectivity index (χ0n) is 16.5. The standard InChI is InChI=1S/C20H27F3N2O3/c1-18(2,3)28-17(26)25-8-6-19(7-9-25)5-4-15(11-19)27-16-10-14(12-24-13-16)20(21,22)23/h10,12-13,15H,4-9,11H2,1-3H3. The third kappa shape index (κ3) is 5.08. The Morgan fingerprint density at radius 1 is 1.18 bits per heavy atom. The maximum absolute atomic E-state index is 12.8. The van der Waals surface area contributed by atoms with Crippen LogP contribution in [-0.2, 0) is 10.9 Å². The van der Waals surface area contributed by atoms with Crippen LogP contribution in [0.25, 0.3) is 0 Å². The third-order valence-electron chi connectivity index (χ3n) is 5.48. The lowest BCUT2D eigenvalue weighted by atomic mass is 9.77. The maximum atomic E-state index is 12.8. The minimum atomic E-state index is -4.43. The van der Waals surface area contributed by atoms with Crippen molar-refractivity contribution in [3.05, 3.63) is 24.0 Å². The van der Waals surface area contributed by atoms with Crippen LogP contribution < -0.4 is 4.74 Å². The predicted molar refractivity (Wildman–Crippen MR) is 97.0 cm³/mol. The second kappa shape index (κ2) is 7.44. The van der Waals surface area contributed by atoms with E-state index in [9.17, 15) is 18.0 Å². The van der Waals surface area contributed by atoms with Gasteiger partial charge in [-0.05, 0) is 64.4 Å². The van der Waals surface area contributed by atoms with Crippen molar-refractivity contribution in [1.82, 2.24) is 9.88 Å². The van der Waals surface area contributed by atoms with E-state index in [0.717, 1.165) is 44.4 Å². The Bertz CT molecular complexity index is 707. The van der Waals surface area contributed by atoms with Crippen LogP contribution in [0.4, 0.5) is 18.0 Å². The maximum Gasteiger partial charge on any atom is 0.418 e. The molecule has 1 aliphatic heterocycles. The first-order valence-electron chi connectivity index (χ1n) is 9.63. The molecule has 1 unspecified atom stereocenters. The number of pyridine rings is 1. The zero-order valence-corrected chi connectivity index (χ0v) is 16.5. The Balaban J connectivity index is 1.54. The number of hydrogen-bond acceptors (Lipinski definition) is 4. The Kier molecular flexibility index (Phi) is 5.51. The second-order valence-corrected chi connectivity index (χ2v) is 8.86. The molecule has 0 N–H and O–H groups in total. The largest absolute Gasteiger partial charge is 0.489 e. The number of carbonyl (C=O) groups is 1. The molecule has 2 fully saturated rings. The van der Waals surface area contributed by atoms with Gasteiger partial charge in [-0.1, -0.05) is 0 Å². The van der Waals surface area contributed by atoms with Crippen LogP contribution in [0.1, 0.15) is 58.4 Å². The lowest BCUT2D eigenvalue weighted by molar-refractivity contribution is -0.138. The van der Waals surface area contributed by atoms with E-state index >= 15 is 0 Å². The molecule has 1 aliphatic carbocycles. The van der Waals surface area contributed by atoms with Gasteiger partial charge in [0.05, 0.1) is 17.9 Å². The molecular weight excluding hydrogens is 373 g/mol. The molecule has 1 amide bonds. The lowest BCUT2D eigenvalue weighted by Crippen LogP contribution is -2.44. The van der Waals surface area contributed by atoms with Crippen molar-refractivity contribution in [1.29, 1.82) is 0 Å². The van der Waals surface area contributed by atoms with Gasteiger partial charge < -0.3 is 14.4 Å². The molecule has 5 nitrogen and oxygen atoms in total. The molecule has 0 radical (unpaired) electrons. The fraction of sp³-hybridized carbons (Fsp3) is 0.700. The van der Waals surface area contributed by atoms with E-state index in [2.05, 4.69) is 4.98 Å². The molecule has 3 rings (SSSR count). The van der Waals surface area contributed by atoms with Gasteiger partial charge in [0.2, 0.25) is 0 Å². The quantitative estimate of drug-likeness (QED) is 0.697. The van der Waals surface area contributed by atoms with Crippen molar-refractivity contribution >= 4 is 6.09 Å². The highest BCUT2D eigenvalue weighted by Crippen LogP contribution is 2.47. The lowest BCUT2D eigenvalue weighted by Gasteiger charge is -2.39. The summed E-state index contributed by atoms with van der Waals surface area (Å²) in [6.45, 7) is 6.80. The molecule has 8 heteroatoms. The van der Waals surface area contributed by atoms with Crippen molar-refractivity contribution in [2.24, 2.45) is 5.41 Å². The highest BCUT2D eigenvalue weighted by atomic mass is 19.4. The van der Waals surface area contributed by atoms with E-state index < -0.39 is 17.3 Å². The van der Waals surface area contributed by atoms with Gasteiger partial charge in [0.25, 0.3) is 0 Å². The molecule has 2 aliphatic rings. The SMILES string of the molecule is CC(C)(C)OC(=O)N1CCC2(CCC(Oc3cncc(C(F)(F)F)c3)C2)CC1. The molecule has 2 heterocycles. The van der Waals surface area contributed by atoms with Gasteiger partial charge >= 0.3 is 12.3 Å². The van der Waals surface area contributed by atoms with Gasteiger partial charge in [0.1, 0.15) is 11.4 Å². The van der Waals surface area contributed by atoms with Crippen molar-refractivity contribution < 1.29 is 27.4 Å². The van der Waals surface area contributed by atoms with Gasteiger partial charge in [-0.2, -0.15) is 13.2 Å². The molecule has 1 saturated heterocycles. The molecule has 28 heavy (non-hydrogen) atoms. The average Bonchev–Trinajstić information content (AvgIpc) is 2.95. The topological polar surface area (TPSA) is 51.7 Å². The molecule has 1 aromatic heterocycles. The predicted octanol–water partition coefficient (Wildman–Crippen LogP) is 5.05. The van der Waals surface area contributed by atoms with Crippen molar-refractivity contribution in [3.8, 4) is 5.75 Å². The number of alkyl halides is 3. The van der Waals surface area contributed by atoms with Crippen LogP contribution in [0, 0.1) is 5.41 Å². The van der Waals surface area contributed by atoms with Gasteiger partial charge in [-0.25, -0.2) is 4.79 Å². The number of rotatable bonds is 2. The second-order valence-electron chi connectivity index (χ2n) is 8.86. The van der Waals surface area contributed by atoms with E-state index in [1.54, 1.807) is 4.90 Å². The zero-order chi connectivity index (χ0) is 20.6. The Labute approximate surface area is 163 Å². The summed E-state index contributed by atoms with van der Waals surface area (Å²) in [5, 5.41) is 0. The third-order valence-corrected chi connectivity index (χ3v) is 5.48. The van der Waals surface area contributed by atoms with Crippen molar-refractivity contribution in [3.63, 3.8) is 0 Å². The summed E-state index contributed by atoms with van der Waals surface area (Å²) in [5.74, 6) is 0.156. The Hall–Kier alpha value is -1.99. The minimum Gasteiger partial charge on any atom is -0.489 e. The number of carbonyl (C=O) groups excluding carboxylic acids is 1. The van der Waals surface area contributed by atoms with E-state index in [4.69, 9.17) is 9.47 Å². The summed E-state index contributed by atoms with van der Waals surface area (Å²) in [4.78, 5) is 17.6.